The SMILES string of the molecule is COCNC(=O)[C@@H]1C[C@@H](SC(c2ccccc2)(c2ccccc2)c2ccccc2)CN1. The van der Waals surface area contributed by atoms with Crippen LogP contribution in [0.25, 0.3) is 0 Å². The van der Waals surface area contributed by atoms with E-state index in [4.69, 9.17) is 4.74 Å². The van der Waals surface area contributed by atoms with Crippen LogP contribution < -0.4 is 10.6 Å². The molecule has 0 saturated carbocycles. The zero-order valence-electron chi connectivity index (χ0n) is 17.7. The average Bonchev–Trinajstić information content (AvgIpc) is 3.31. The molecule has 0 aromatic heterocycles. The van der Waals surface area contributed by atoms with Crippen LogP contribution in [-0.2, 0) is 14.3 Å². The van der Waals surface area contributed by atoms with Crippen molar-refractivity contribution in [3.8, 4) is 0 Å². The van der Waals surface area contributed by atoms with Crippen LogP contribution in [0.1, 0.15) is 23.1 Å². The topological polar surface area (TPSA) is 50.4 Å². The highest BCUT2D eigenvalue weighted by atomic mass is 32.2. The number of hydrogen-bond acceptors (Lipinski definition) is 4. The normalized spacial score (nSPS) is 18.6. The van der Waals surface area contributed by atoms with Gasteiger partial charge in [-0.15, -0.1) is 11.8 Å². The van der Waals surface area contributed by atoms with Gasteiger partial charge in [-0.1, -0.05) is 91.0 Å². The Bertz CT molecular complexity index is 870. The van der Waals surface area contributed by atoms with Crippen molar-refractivity contribution in [2.24, 2.45) is 0 Å². The summed E-state index contributed by atoms with van der Waals surface area (Å²) in [5.41, 5.74) is 3.72. The lowest BCUT2D eigenvalue weighted by Crippen LogP contribution is -2.41. The Hall–Kier alpha value is -2.60. The average molecular weight is 433 g/mol. The molecular weight excluding hydrogens is 404 g/mol. The van der Waals surface area contributed by atoms with Crippen LogP contribution in [0.4, 0.5) is 0 Å². The third-order valence-electron chi connectivity index (χ3n) is 5.68. The molecule has 1 aliphatic heterocycles. The zero-order valence-corrected chi connectivity index (χ0v) is 18.5. The Morgan fingerprint density at radius 3 is 1.87 bits per heavy atom. The highest BCUT2D eigenvalue weighted by Gasteiger charge is 2.42. The van der Waals surface area contributed by atoms with Crippen molar-refractivity contribution in [3.63, 3.8) is 0 Å². The van der Waals surface area contributed by atoms with E-state index in [2.05, 4.69) is 102 Å². The number of methoxy groups -OCH3 is 1. The number of carbonyl (C=O) groups is 1. The quantitative estimate of drug-likeness (QED) is 0.415. The summed E-state index contributed by atoms with van der Waals surface area (Å²) in [6, 6.07) is 31.8. The van der Waals surface area contributed by atoms with Crippen molar-refractivity contribution in [1.29, 1.82) is 0 Å². The van der Waals surface area contributed by atoms with E-state index in [0.29, 0.717) is 0 Å². The van der Waals surface area contributed by atoms with Gasteiger partial charge in [0, 0.05) is 18.9 Å². The van der Waals surface area contributed by atoms with Crippen LogP contribution in [0, 0.1) is 0 Å². The van der Waals surface area contributed by atoms with Crippen LogP contribution in [0.5, 0.6) is 0 Å². The van der Waals surface area contributed by atoms with Crippen LogP contribution in [0.15, 0.2) is 91.0 Å². The van der Waals surface area contributed by atoms with E-state index in [1.807, 2.05) is 11.8 Å². The number of rotatable bonds is 8. The van der Waals surface area contributed by atoms with E-state index in [1.54, 1.807) is 7.11 Å². The summed E-state index contributed by atoms with van der Waals surface area (Å²) in [6.07, 6.45) is 0.772. The van der Waals surface area contributed by atoms with E-state index in [0.717, 1.165) is 13.0 Å². The van der Waals surface area contributed by atoms with Gasteiger partial charge >= 0.3 is 0 Å². The van der Waals surface area contributed by atoms with E-state index >= 15 is 0 Å². The minimum absolute atomic E-state index is 0.00492. The first kappa shape index (κ1) is 21.6. The second kappa shape index (κ2) is 10.1. The molecule has 1 heterocycles. The number of nitrogens with one attached hydrogen (secondary N) is 2. The second-order valence-electron chi connectivity index (χ2n) is 7.69. The fourth-order valence-corrected chi connectivity index (χ4v) is 6.02. The second-order valence-corrected chi connectivity index (χ2v) is 9.20. The van der Waals surface area contributed by atoms with Crippen molar-refractivity contribution in [1.82, 2.24) is 10.6 Å². The zero-order chi connectivity index (χ0) is 21.5. The molecule has 1 amide bonds. The number of carbonyl (C=O) groups excluding carboxylic acids is 1. The molecule has 31 heavy (non-hydrogen) atoms. The predicted octanol–water partition coefficient (Wildman–Crippen LogP) is 4.16. The van der Waals surface area contributed by atoms with Gasteiger partial charge in [0.25, 0.3) is 0 Å². The molecule has 0 unspecified atom stereocenters. The maximum atomic E-state index is 12.5. The summed E-state index contributed by atoms with van der Waals surface area (Å²) in [5, 5.41) is 6.50. The van der Waals surface area contributed by atoms with E-state index < -0.39 is 0 Å². The molecule has 2 atom stereocenters. The summed E-state index contributed by atoms with van der Waals surface area (Å²) >= 11 is 1.93. The number of ether oxygens (including phenoxy) is 1. The van der Waals surface area contributed by atoms with Gasteiger partial charge in [-0.2, -0.15) is 0 Å². The standard InChI is InChI=1S/C26H28N2O2S/c1-30-19-28-25(29)24-17-23(18-27-24)31-26(20-11-5-2-6-12-20,21-13-7-3-8-14-21)22-15-9-4-10-16-22/h2-16,23-24,27H,17-19H2,1H3,(H,28,29)/t23-,24+/m1/s1. The highest BCUT2D eigenvalue weighted by molar-refractivity contribution is 8.01. The van der Waals surface area contributed by atoms with Crippen molar-refractivity contribution < 1.29 is 9.53 Å². The van der Waals surface area contributed by atoms with Gasteiger partial charge in [0.05, 0.1) is 10.8 Å². The Labute approximate surface area is 188 Å². The first-order valence-corrected chi connectivity index (χ1v) is 11.5. The summed E-state index contributed by atoms with van der Waals surface area (Å²) in [4.78, 5) is 12.5. The molecule has 0 bridgehead atoms. The van der Waals surface area contributed by atoms with Gasteiger partial charge in [0.1, 0.15) is 6.73 Å². The Morgan fingerprint density at radius 1 is 0.935 bits per heavy atom. The molecule has 4 rings (SSSR count). The van der Waals surface area contributed by atoms with Gasteiger partial charge in [-0.05, 0) is 23.1 Å². The van der Waals surface area contributed by atoms with E-state index in [1.165, 1.54) is 16.7 Å². The van der Waals surface area contributed by atoms with Gasteiger partial charge in [0.15, 0.2) is 0 Å². The molecule has 0 spiro atoms. The Morgan fingerprint density at radius 2 is 1.42 bits per heavy atom. The highest BCUT2D eigenvalue weighted by Crippen LogP contribution is 2.51. The van der Waals surface area contributed by atoms with Crippen LogP contribution in [0.3, 0.4) is 0 Å². The monoisotopic (exact) mass is 432 g/mol. The molecule has 1 fully saturated rings. The Kier molecular flexibility index (Phi) is 7.07. The third-order valence-corrected chi connectivity index (χ3v) is 7.44. The van der Waals surface area contributed by atoms with E-state index in [9.17, 15) is 4.79 Å². The molecule has 160 valence electrons. The largest absolute Gasteiger partial charge is 0.364 e. The third kappa shape index (κ3) is 4.69. The summed E-state index contributed by atoms with van der Waals surface area (Å²) < 4.78 is 4.62. The van der Waals surface area contributed by atoms with Crippen molar-refractivity contribution >= 4 is 17.7 Å². The number of hydrogen-bond donors (Lipinski definition) is 2. The van der Waals surface area contributed by atoms with Crippen molar-refractivity contribution in [3.05, 3.63) is 108 Å². The number of thioether (sulfide) groups is 1. The van der Waals surface area contributed by atoms with Crippen LogP contribution >= 0.6 is 11.8 Å². The predicted molar refractivity (Wildman–Crippen MR) is 127 cm³/mol. The molecule has 5 heteroatoms. The minimum atomic E-state index is -0.367. The molecule has 1 aliphatic rings. The Balaban J connectivity index is 1.72. The fraction of sp³-hybridized carbons (Fsp3) is 0.269. The smallest absolute Gasteiger partial charge is 0.238 e. The number of amides is 1. The molecule has 3 aromatic carbocycles. The molecule has 0 radical (unpaired) electrons. The summed E-state index contributed by atoms with van der Waals surface area (Å²) in [5.74, 6) is -0.00492. The van der Waals surface area contributed by atoms with Crippen LogP contribution in [0.2, 0.25) is 0 Å². The van der Waals surface area contributed by atoms with Crippen molar-refractivity contribution in [2.45, 2.75) is 22.5 Å². The fourth-order valence-electron chi connectivity index (χ4n) is 4.23. The minimum Gasteiger partial charge on any atom is -0.364 e. The molecule has 1 saturated heterocycles. The molecule has 4 nitrogen and oxygen atoms in total. The van der Waals surface area contributed by atoms with Gasteiger partial charge < -0.3 is 15.4 Å². The number of benzene rings is 3. The van der Waals surface area contributed by atoms with Gasteiger partial charge in [-0.3, -0.25) is 4.79 Å². The lowest BCUT2D eigenvalue weighted by atomic mass is 9.84. The molecule has 3 aromatic rings. The van der Waals surface area contributed by atoms with Crippen molar-refractivity contribution in [2.75, 3.05) is 20.4 Å². The summed E-state index contributed by atoms with van der Waals surface area (Å²) in [6.45, 7) is 1.01. The first-order valence-electron chi connectivity index (χ1n) is 10.6. The first-order chi connectivity index (χ1) is 15.2. The maximum Gasteiger partial charge on any atom is 0.238 e. The molecular formula is C26H28N2O2S. The lowest BCUT2D eigenvalue weighted by Gasteiger charge is -2.37. The molecule has 2 N–H and O–H groups in total. The van der Waals surface area contributed by atoms with Crippen LogP contribution in [-0.4, -0.2) is 37.6 Å². The summed E-state index contributed by atoms with van der Waals surface area (Å²) in [7, 11) is 1.58. The van der Waals surface area contributed by atoms with Gasteiger partial charge in [0.2, 0.25) is 5.91 Å². The van der Waals surface area contributed by atoms with Gasteiger partial charge in [-0.25, -0.2) is 0 Å². The van der Waals surface area contributed by atoms with E-state index in [-0.39, 0.29) is 28.7 Å². The maximum absolute atomic E-state index is 12.5. The lowest BCUT2D eigenvalue weighted by molar-refractivity contribution is -0.124. The molecule has 0 aliphatic carbocycles.